The van der Waals surface area contributed by atoms with Crippen LogP contribution in [0.4, 0.5) is 0 Å². The Hall–Kier alpha value is -2.04. The van der Waals surface area contributed by atoms with Gasteiger partial charge in [0.15, 0.2) is 0 Å². The summed E-state index contributed by atoms with van der Waals surface area (Å²) in [6.07, 6.45) is 5.62. The molecule has 0 saturated carbocycles. The van der Waals surface area contributed by atoms with Gasteiger partial charge in [0, 0.05) is 24.2 Å². The maximum absolute atomic E-state index is 11.2. The fourth-order valence-electron chi connectivity index (χ4n) is 4.44. The van der Waals surface area contributed by atoms with Gasteiger partial charge in [-0.3, -0.25) is 14.4 Å². The van der Waals surface area contributed by atoms with Crippen molar-refractivity contribution in [3.8, 4) is 5.75 Å². The molecule has 0 spiro atoms. The average molecular weight is 422 g/mol. The van der Waals surface area contributed by atoms with Gasteiger partial charge in [0.25, 0.3) is 0 Å². The van der Waals surface area contributed by atoms with Gasteiger partial charge in [-0.15, -0.1) is 6.58 Å². The van der Waals surface area contributed by atoms with Crippen LogP contribution in [0.25, 0.3) is 10.9 Å². The van der Waals surface area contributed by atoms with E-state index in [0.29, 0.717) is 11.8 Å². The number of rotatable bonds is 4. The van der Waals surface area contributed by atoms with Gasteiger partial charge in [0.2, 0.25) is 0 Å². The Bertz CT molecular complexity index is 973. The van der Waals surface area contributed by atoms with Gasteiger partial charge in [-0.1, -0.05) is 6.08 Å². The Morgan fingerprint density at radius 2 is 2.14 bits per heavy atom. The van der Waals surface area contributed by atoms with E-state index in [2.05, 4.69) is 27.7 Å². The van der Waals surface area contributed by atoms with Crippen molar-refractivity contribution in [2.75, 3.05) is 20.2 Å². The van der Waals surface area contributed by atoms with Gasteiger partial charge in [0.1, 0.15) is 5.75 Å². The quantitative estimate of drug-likeness (QED) is 0.508. The van der Waals surface area contributed by atoms with Gasteiger partial charge in [-0.25, -0.2) is 5.14 Å². The van der Waals surface area contributed by atoms with E-state index in [9.17, 15) is 5.11 Å². The molecule has 3 fully saturated rings. The second-order valence-electron chi connectivity index (χ2n) is 7.49. The number of methoxy groups -OCH3 is 1. The molecular formula is C20H27N3O5S. The number of benzene rings is 1. The number of aliphatic hydroxyl groups excluding tert-OH is 1. The summed E-state index contributed by atoms with van der Waals surface area (Å²) in [7, 11) is -2.51. The highest BCUT2D eigenvalue weighted by atomic mass is 32.2. The average Bonchev–Trinajstić information content (AvgIpc) is 2.71. The minimum atomic E-state index is -4.17. The number of aromatic nitrogens is 1. The van der Waals surface area contributed by atoms with Crippen molar-refractivity contribution in [2.24, 2.45) is 17.0 Å². The fraction of sp³-hybridized carbons (Fsp3) is 0.450. The zero-order valence-electron chi connectivity index (χ0n) is 16.3. The lowest BCUT2D eigenvalue weighted by atomic mass is 9.73. The summed E-state index contributed by atoms with van der Waals surface area (Å²) in [5.41, 5.74) is 1.85. The summed E-state index contributed by atoms with van der Waals surface area (Å²) >= 11 is 0. The normalized spacial score (nSPS) is 27.0. The van der Waals surface area contributed by atoms with Crippen LogP contribution in [0.2, 0.25) is 0 Å². The molecule has 2 aromatic rings. The molecule has 3 aliphatic heterocycles. The first-order valence-electron chi connectivity index (χ1n) is 9.43. The third kappa shape index (κ3) is 5.12. The number of piperidine rings is 3. The second kappa shape index (κ2) is 8.76. The molecule has 1 unspecified atom stereocenters. The molecule has 2 bridgehead atoms. The molecule has 29 heavy (non-hydrogen) atoms. The number of aliphatic hydroxyl groups is 1. The summed E-state index contributed by atoms with van der Waals surface area (Å²) in [6.45, 7) is 6.07. The van der Waals surface area contributed by atoms with Crippen molar-refractivity contribution in [3.63, 3.8) is 0 Å². The number of fused-ring (bicyclic) bond motifs is 4. The van der Waals surface area contributed by atoms with Crippen LogP contribution in [0.1, 0.15) is 24.5 Å². The number of pyridine rings is 1. The molecule has 4 heterocycles. The maximum atomic E-state index is 11.2. The van der Waals surface area contributed by atoms with Crippen molar-refractivity contribution < 1.29 is 22.8 Å². The third-order valence-corrected chi connectivity index (χ3v) is 5.82. The van der Waals surface area contributed by atoms with E-state index in [4.69, 9.17) is 17.7 Å². The number of hydrogen-bond acceptors (Lipinski definition) is 6. The van der Waals surface area contributed by atoms with Gasteiger partial charge in [0.05, 0.1) is 18.7 Å². The van der Waals surface area contributed by atoms with Crippen LogP contribution in [-0.4, -0.2) is 54.2 Å². The lowest BCUT2D eigenvalue weighted by Gasteiger charge is -2.50. The van der Waals surface area contributed by atoms with E-state index in [0.717, 1.165) is 41.7 Å². The third-order valence-electron chi connectivity index (χ3n) is 5.82. The standard InChI is InChI=1S/C20H24N2O2.H3NO3S/c1-3-13-12-22-9-7-14(13)10-19(22)20(23)16-6-8-21-18-5-4-15(24-2)11-17(16)18;1-5(2,3)4/h3-6,8,11,13-14,19-20,23H,1,7,9-10,12H2,2H3;(H3,1,2,3,4)/t13-,14-,19-,20+;/m0./s1. The molecule has 1 aromatic carbocycles. The maximum Gasteiger partial charge on any atom is 0.330 e. The van der Waals surface area contributed by atoms with E-state index in [1.54, 1.807) is 13.3 Å². The predicted molar refractivity (Wildman–Crippen MR) is 111 cm³/mol. The van der Waals surface area contributed by atoms with Gasteiger partial charge in [-0.2, -0.15) is 8.42 Å². The fourth-order valence-corrected chi connectivity index (χ4v) is 4.44. The first-order chi connectivity index (χ1) is 13.7. The highest BCUT2D eigenvalue weighted by Crippen LogP contribution is 2.42. The molecule has 3 aliphatic rings. The summed E-state index contributed by atoms with van der Waals surface area (Å²) in [6, 6.07) is 7.96. The van der Waals surface area contributed by atoms with Crippen molar-refractivity contribution >= 4 is 21.2 Å². The van der Waals surface area contributed by atoms with E-state index in [1.807, 2.05) is 24.3 Å². The van der Waals surface area contributed by atoms with Gasteiger partial charge >= 0.3 is 10.3 Å². The Labute approximate surface area is 170 Å². The first kappa shape index (κ1) is 21.7. The number of nitrogens with zero attached hydrogens (tertiary/aromatic N) is 2. The molecule has 4 N–H and O–H groups in total. The molecule has 0 radical (unpaired) electrons. The molecule has 8 nitrogen and oxygen atoms in total. The Kier molecular flexibility index (Phi) is 6.55. The minimum absolute atomic E-state index is 0.178. The minimum Gasteiger partial charge on any atom is -0.497 e. The molecule has 3 saturated heterocycles. The Balaban J connectivity index is 0.000000431. The topological polar surface area (TPSA) is 126 Å². The molecule has 5 atom stereocenters. The molecule has 158 valence electrons. The zero-order valence-corrected chi connectivity index (χ0v) is 17.1. The lowest BCUT2D eigenvalue weighted by molar-refractivity contribution is -0.0444. The smallest absolute Gasteiger partial charge is 0.330 e. The number of ether oxygens (including phenoxy) is 1. The molecule has 9 heteroatoms. The second-order valence-corrected chi connectivity index (χ2v) is 8.52. The number of hydrogen-bond donors (Lipinski definition) is 3. The van der Waals surface area contributed by atoms with Crippen LogP contribution in [0.15, 0.2) is 43.1 Å². The molecule has 0 amide bonds. The van der Waals surface area contributed by atoms with Crippen LogP contribution < -0.4 is 9.88 Å². The first-order valence-corrected chi connectivity index (χ1v) is 10.9. The summed E-state index contributed by atoms with van der Waals surface area (Å²) in [5.74, 6) is 2.01. The Morgan fingerprint density at radius 1 is 1.41 bits per heavy atom. The highest BCUT2D eigenvalue weighted by molar-refractivity contribution is 7.83. The molecule has 5 rings (SSSR count). The van der Waals surface area contributed by atoms with Gasteiger partial charge in [-0.05, 0) is 61.1 Å². The Morgan fingerprint density at radius 3 is 2.72 bits per heavy atom. The summed E-state index contributed by atoms with van der Waals surface area (Å²) in [4.78, 5) is 6.86. The van der Waals surface area contributed by atoms with Crippen molar-refractivity contribution in [2.45, 2.75) is 25.0 Å². The van der Waals surface area contributed by atoms with Crippen LogP contribution >= 0.6 is 0 Å². The SMILES string of the molecule is C=C[C@H]1CN2CC[C@H]1C[C@H]2[C@H](O)c1ccnc2ccc(OC)cc12.NS(=O)(=O)O. The molecule has 0 aliphatic carbocycles. The summed E-state index contributed by atoms with van der Waals surface area (Å²) < 4.78 is 30.6. The van der Waals surface area contributed by atoms with Crippen molar-refractivity contribution in [1.82, 2.24) is 9.88 Å². The lowest BCUT2D eigenvalue weighted by Crippen LogP contribution is -2.54. The van der Waals surface area contributed by atoms with Crippen LogP contribution in [0.3, 0.4) is 0 Å². The van der Waals surface area contributed by atoms with Gasteiger partial charge < -0.3 is 9.84 Å². The zero-order chi connectivity index (χ0) is 21.2. The van der Waals surface area contributed by atoms with Crippen LogP contribution in [0, 0.1) is 11.8 Å². The van der Waals surface area contributed by atoms with Crippen molar-refractivity contribution in [3.05, 3.63) is 48.7 Å². The van der Waals surface area contributed by atoms with E-state index in [1.165, 1.54) is 6.42 Å². The summed E-state index contributed by atoms with van der Waals surface area (Å²) in [5, 5.41) is 16.0. The largest absolute Gasteiger partial charge is 0.497 e. The van der Waals surface area contributed by atoms with Crippen molar-refractivity contribution in [1.29, 1.82) is 0 Å². The monoisotopic (exact) mass is 421 g/mol. The predicted octanol–water partition coefficient (Wildman–Crippen LogP) is 1.92. The van der Waals surface area contributed by atoms with E-state index >= 15 is 0 Å². The molecular weight excluding hydrogens is 394 g/mol. The van der Waals surface area contributed by atoms with Crippen LogP contribution in [0.5, 0.6) is 5.75 Å². The van der Waals surface area contributed by atoms with E-state index < -0.39 is 16.4 Å². The highest BCUT2D eigenvalue weighted by Gasteiger charge is 2.42. The molecule has 1 aromatic heterocycles. The van der Waals surface area contributed by atoms with Crippen LogP contribution in [-0.2, 0) is 10.3 Å². The number of nitrogens with two attached hydrogens (primary N) is 1. The van der Waals surface area contributed by atoms with E-state index in [-0.39, 0.29) is 6.04 Å².